The summed E-state index contributed by atoms with van der Waals surface area (Å²) in [5.41, 5.74) is 0.667. The van der Waals surface area contributed by atoms with Crippen molar-refractivity contribution in [1.82, 2.24) is 4.31 Å². The van der Waals surface area contributed by atoms with Crippen LogP contribution < -0.4 is 4.74 Å². The number of hydrogen-bond acceptors (Lipinski definition) is 4. The number of halogens is 1. The average Bonchev–Trinajstić information content (AvgIpc) is 2.47. The minimum atomic E-state index is -3.56. The third-order valence-corrected chi connectivity index (χ3v) is 5.41. The lowest BCUT2D eigenvalue weighted by atomic mass is 10.1. The van der Waals surface area contributed by atoms with Gasteiger partial charge in [0.1, 0.15) is 5.75 Å². The molecule has 0 heterocycles. The van der Waals surface area contributed by atoms with E-state index in [0.717, 1.165) is 0 Å². The molecule has 1 rings (SSSR count). The maximum Gasteiger partial charge on any atom is 0.243 e. The van der Waals surface area contributed by atoms with Gasteiger partial charge in [-0.3, -0.25) is 0 Å². The molecular formula is C14H22ClNO4S. The van der Waals surface area contributed by atoms with Gasteiger partial charge in [-0.05, 0) is 30.2 Å². The number of nitrogens with zero attached hydrogens (tertiary/aromatic N) is 1. The predicted molar refractivity (Wildman–Crippen MR) is 83.7 cm³/mol. The molecule has 0 saturated carbocycles. The van der Waals surface area contributed by atoms with Crippen molar-refractivity contribution >= 4 is 21.6 Å². The molecule has 0 aliphatic heterocycles. The zero-order valence-corrected chi connectivity index (χ0v) is 14.2. The normalized spacial score (nSPS) is 11.9. The summed E-state index contributed by atoms with van der Waals surface area (Å²) < 4.78 is 37.0. The molecule has 0 saturated heterocycles. The van der Waals surface area contributed by atoms with Gasteiger partial charge in [-0.25, -0.2) is 8.42 Å². The highest BCUT2D eigenvalue weighted by atomic mass is 35.5. The Morgan fingerprint density at radius 2 is 2.00 bits per heavy atom. The van der Waals surface area contributed by atoms with E-state index >= 15 is 0 Å². The fourth-order valence-corrected chi connectivity index (χ4v) is 3.88. The Bertz CT molecular complexity index is 548. The number of aryl methyl sites for hydroxylation is 1. The van der Waals surface area contributed by atoms with Crippen LogP contribution in [0.4, 0.5) is 0 Å². The smallest absolute Gasteiger partial charge is 0.243 e. The van der Waals surface area contributed by atoms with E-state index in [1.54, 1.807) is 39.3 Å². The maximum atomic E-state index is 12.8. The zero-order chi connectivity index (χ0) is 15.9. The van der Waals surface area contributed by atoms with E-state index in [0.29, 0.717) is 43.3 Å². The summed E-state index contributed by atoms with van der Waals surface area (Å²) in [6.45, 7) is 2.87. The van der Waals surface area contributed by atoms with Crippen molar-refractivity contribution in [3.8, 4) is 5.75 Å². The molecule has 120 valence electrons. The van der Waals surface area contributed by atoms with Crippen molar-refractivity contribution < 1.29 is 17.9 Å². The highest BCUT2D eigenvalue weighted by Gasteiger charge is 2.25. The quantitative estimate of drug-likeness (QED) is 0.649. The lowest BCUT2D eigenvalue weighted by Gasteiger charge is -2.22. The van der Waals surface area contributed by atoms with Gasteiger partial charge in [0, 0.05) is 26.1 Å². The number of ether oxygens (including phenoxy) is 2. The lowest BCUT2D eigenvalue weighted by Crippen LogP contribution is -2.34. The topological polar surface area (TPSA) is 55.8 Å². The molecule has 0 radical (unpaired) electrons. The lowest BCUT2D eigenvalue weighted by molar-refractivity contribution is 0.180. The maximum absolute atomic E-state index is 12.8. The van der Waals surface area contributed by atoms with Crippen molar-refractivity contribution in [2.45, 2.75) is 18.2 Å². The van der Waals surface area contributed by atoms with Crippen LogP contribution in [0.3, 0.4) is 0 Å². The number of rotatable bonds is 9. The van der Waals surface area contributed by atoms with Crippen LogP contribution in [0.25, 0.3) is 0 Å². The Kier molecular flexibility index (Phi) is 7.45. The van der Waals surface area contributed by atoms with Crippen molar-refractivity contribution in [2.75, 3.05) is 39.8 Å². The molecule has 0 unspecified atom stereocenters. The van der Waals surface area contributed by atoms with Crippen molar-refractivity contribution in [3.63, 3.8) is 0 Å². The van der Waals surface area contributed by atoms with Gasteiger partial charge in [0.05, 0.1) is 18.6 Å². The first-order valence-electron chi connectivity index (χ1n) is 6.73. The number of hydrogen-bond donors (Lipinski definition) is 0. The summed E-state index contributed by atoms with van der Waals surface area (Å²) in [5, 5.41) is 0. The molecule has 0 amide bonds. The van der Waals surface area contributed by atoms with Gasteiger partial charge in [-0.2, -0.15) is 4.31 Å². The molecule has 7 heteroatoms. The molecule has 5 nitrogen and oxygen atoms in total. The molecule has 0 fully saturated rings. The summed E-state index contributed by atoms with van der Waals surface area (Å²) in [7, 11) is -0.467. The van der Waals surface area contributed by atoms with Crippen LogP contribution in [0.15, 0.2) is 23.1 Å². The van der Waals surface area contributed by atoms with Gasteiger partial charge >= 0.3 is 0 Å². The second-order valence-electron chi connectivity index (χ2n) is 4.40. The first-order chi connectivity index (χ1) is 10.0. The largest absolute Gasteiger partial charge is 0.497 e. The summed E-state index contributed by atoms with van der Waals surface area (Å²) in [4.78, 5) is 0.280. The molecule has 0 atom stereocenters. The molecule has 1 aromatic rings. The van der Waals surface area contributed by atoms with Gasteiger partial charge in [0.15, 0.2) is 0 Å². The van der Waals surface area contributed by atoms with E-state index in [1.165, 1.54) is 4.31 Å². The number of methoxy groups -OCH3 is 2. The second-order valence-corrected chi connectivity index (χ2v) is 6.69. The SMILES string of the molecule is CCN(CCOC)S(=O)(=O)c1ccc(OC)cc1CCCl. The average molecular weight is 336 g/mol. The van der Waals surface area contributed by atoms with Gasteiger partial charge in [-0.15, -0.1) is 11.6 Å². The molecule has 21 heavy (non-hydrogen) atoms. The van der Waals surface area contributed by atoms with E-state index in [1.807, 2.05) is 0 Å². The summed E-state index contributed by atoms with van der Waals surface area (Å²) >= 11 is 5.78. The van der Waals surface area contributed by atoms with E-state index < -0.39 is 10.0 Å². The minimum absolute atomic E-state index is 0.280. The third-order valence-electron chi connectivity index (χ3n) is 3.15. The van der Waals surface area contributed by atoms with Crippen LogP contribution >= 0.6 is 11.6 Å². The van der Waals surface area contributed by atoms with Crippen LogP contribution in [0.2, 0.25) is 0 Å². The number of benzene rings is 1. The van der Waals surface area contributed by atoms with Crippen LogP contribution in [-0.2, 0) is 21.2 Å². The first-order valence-corrected chi connectivity index (χ1v) is 8.70. The molecule has 0 spiro atoms. The number of likely N-dealkylation sites (N-methyl/N-ethyl adjacent to an activating group) is 1. The highest BCUT2D eigenvalue weighted by molar-refractivity contribution is 7.89. The van der Waals surface area contributed by atoms with E-state index in [4.69, 9.17) is 21.1 Å². The van der Waals surface area contributed by atoms with Crippen LogP contribution in [0, 0.1) is 0 Å². The zero-order valence-electron chi connectivity index (χ0n) is 12.6. The Morgan fingerprint density at radius 1 is 1.29 bits per heavy atom. The third kappa shape index (κ3) is 4.57. The van der Waals surface area contributed by atoms with E-state index in [9.17, 15) is 8.42 Å². The first kappa shape index (κ1) is 18.2. The Balaban J connectivity index is 3.22. The Morgan fingerprint density at radius 3 is 2.52 bits per heavy atom. The molecule has 0 N–H and O–H groups in total. The second kappa shape index (κ2) is 8.58. The number of alkyl halides is 1. The van der Waals surface area contributed by atoms with Crippen molar-refractivity contribution in [3.05, 3.63) is 23.8 Å². The van der Waals surface area contributed by atoms with Crippen molar-refractivity contribution in [2.24, 2.45) is 0 Å². The Labute approximate surface area is 131 Å². The molecule has 0 aliphatic carbocycles. The van der Waals surface area contributed by atoms with Crippen molar-refractivity contribution in [1.29, 1.82) is 0 Å². The predicted octanol–water partition coefficient (Wildman–Crippen LogP) is 2.13. The van der Waals surface area contributed by atoms with Crippen LogP contribution in [0.5, 0.6) is 5.75 Å². The molecule has 0 aliphatic rings. The summed E-state index contributed by atoms with van der Waals surface area (Å²) in [5.74, 6) is 0.967. The summed E-state index contributed by atoms with van der Waals surface area (Å²) in [6, 6.07) is 4.94. The molecule has 1 aromatic carbocycles. The fourth-order valence-electron chi connectivity index (χ4n) is 2.01. The monoisotopic (exact) mass is 335 g/mol. The van der Waals surface area contributed by atoms with E-state index in [-0.39, 0.29) is 4.90 Å². The van der Waals surface area contributed by atoms with Gasteiger partial charge in [0.25, 0.3) is 0 Å². The molecule has 0 aromatic heterocycles. The van der Waals surface area contributed by atoms with Crippen LogP contribution in [0.1, 0.15) is 12.5 Å². The minimum Gasteiger partial charge on any atom is -0.497 e. The van der Waals surface area contributed by atoms with Gasteiger partial charge in [-0.1, -0.05) is 6.92 Å². The molecule has 0 bridgehead atoms. The highest BCUT2D eigenvalue weighted by Crippen LogP contribution is 2.25. The van der Waals surface area contributed by atoms with E-state index in [2.05, 4.69) is 0 Å². The molecular weight excluding hydrogens is 314 g/mol. The van der Waals surface area contributed by atoms with Gasteiger partial charge < -0.3 is 9.47 Å². The fraction of sp³-hybridized carbons (Fsp3) is 0.571. The van der Waals surface area contributed by atoms with Gasteiger partial charge in [0.2, 0.25) is 10.0 Å². The number of sulfonamides is 1. The Hall–Kier alpha value is -0.820. The van der Waals surface area contributed by atoms with Crippen LogP contribution in [-0.4, -0.2) is 52.5 Å². The standard InChI is InChI=1S/C14H22ClNO4S/c1-4-16(9-10-19-2)21(17,18)14-6-5-13(20-3)11-12(14)7-8-15/h5-6,11H,4,7-10H2,1-3H3. The summed E-state index contributed by atoms with van der Waals surface area (Å²) in [6.07, 6.45) is 0.467.